The second-order valence-electron chi connectivity index (χ2n) is 2.54. The molecule has 6 heteroatoms. The first-order chi connectivity index (χ1) is 7.56. The maximum absolute atomic E-state index is 13.0. The zero-order chi connectivity index (χ0) is 12.7. The summed E-state index contributed by atoms with van der Waals surface area (Å²) in [5.74, 6) is -0.814. The minimum absolute atomic E-state index is 0.0540. The van der Waals surface area contributed by atoms with Gasteiger partial charge in [-0.3, -0.25) is 15.1 Å². The number of hydrogen-bond donors (Lipinski definition) is 1. The van der Waals surface area contributed by atoms with Crippen LogP contribution >= 0.6 is 0 Å². The van der Waals surface area contributed by atoms with Crippen LogP contribution in [0.15, 0.2) is 23.2 Å². The molecule has 0 heterocycles. The minimum atomic E-state index is -0.814. The van der Waals surface area contributed by atoms with Crippen LogP contribution < -0.4 is 5.73 Å². The Morgan fingerprint density at radius 1 is 1.50 bits per heavy atom. The zero-order valence-corrected chi connectivity index (χ0v) is 9.40. The number of anilines is 1. The third-order valence-corrected chi connectivity index (χ3v) is 1.67. The molecule has 0 spiro atoms. The highest BCUT2D eigenvalue weighted by atomic mass is 19.1. The van der Waals surface area contributed by atoms with Crippen LogP contribution in [0.4, 0.5) is 15.8 Å². The summed E-state index contributed by atoms with van der Waals surface area (Å²) < 4.78 is 13.0. The van der Waals surface area contributed by atoms with Crippen LogP contribution in [0.3, 0.4) is 0 Å². The Balaban J connectivity index is 0.00000106. The van der Waals surface area contributed by atoms with E-state index in [2.05, 4.69) is 4.99 Å². The Morgan fingerprint density at radius 2 is 2.06 bits per heavy atom. The molecule has 0 aliphatic carbocycles. The molecule has 0 aromatic heterocycles. The number of halogens is 1. The van der Waals surface area contributed by atoms with Gasteiger partial charge in [0.2, 0.25) is 5.97 Å². The molecule has 0 unspecified atom stereocenters. The van der Waals surface area contributed by atoms with Gasteiger partial charge in [-0.25, -0.2) is 0 Å². The molecule has 0 amide bonds. The van der Waals surface area contributed by atoms with E-state index in [0.29, 0.717) is 0 Å². The maximum Gasteiger partial charge on any atom is 0.270 e. The van der Waals surface area contributed by atoms with E-state index in [1.54, 1.807) is 0 Å². The number of nitro benzene ring substituents is 1. The van der Waals surface area contributed by atoms with Crippen LogP contribution in [0.25, 0.3) is 0 Å². The van der Waals surface area contributed by atoms with Gasteiger partial charge in [-0.1, -0.05) is 13.8 Å². The number of non-ortho nitro benzene ring substituents is 1. The second-order valence-corrected chi connectivity index (χ2v) is 2.54. The summed E-state index contributed by atoms with van der Waals surface area (Å²) in [6, 6.07) is 3.54. The van der Waals surface area contributed by atoms with E-state index < -0.39 is 10.9 Å². The molecule has 1 aromatic carbocycles. The highest BCUT2D eigenvalue weighted by Gasteiger charge is 2.12. The van der Waals surface area contributed by atoms with Crippen LogP contribution in [-0.2, 0) is 0 Å². The molecular weight excluding hydrogens is 213 g/mol. The second kappa shape index (κ2) is 6.49. The highest BCUT2D eigenvalue weighted by molar-refractivity contribution is 5.98. The van der Waals surface area contributed by atoms with Gasteiger partial charge in [0.1, 0.15) is 0 Å². The van der Waals surface area contributed by atoms with Gasteiger partial charge in [-0.2, -0.15) is 4.39 Å². The zero-order valence-electron chi connectivity index (χ0n) is 9.40. The van der Waals surface area contributed by atoms with E-state index in [0.717, 1.165) is 6.07 Å². The topological polar surface area (TPSA) is 81.5 Å². The Bertz CT molecular complexity index is 405. The Hall–Kier alpha value is -1.98. The number of benzene rings is 1. The molecule has 0 saturated heterocycles. The van der Waals surface area contributed by atoms with Crippen molar-refractivity contribution in [3.8, 4) is 0 Å². The summed E-state index contributed by atoms with van der Waals surface area (Å²) in [5.41, 5.74) is 5.28. The molecule has 0 saturated carbocycles. The summed E-state index contributed by atoms with van der Waals surface area (Å²) in [4.78, 5) is 13.0. The number of hydrogen-bond acceptors (Lipinski definition) is 4. The molecule has 0 aliphatic rings. The van der Waals surface area contributed by atoms with Crippen molar-refractivity contribution in [2.75, 3.05) is 12.8 Å². The Kier molecular flexibility index (Phi) is 5.69. The smallest absolute Gasteiger partial charge is 0.270 e. The quantitative estimate of drug-likeness (QED) is 0.365. The van der Waals surface area contributed by atoms with Crippen molar-refractivity contribution in [2.45, 2.75) is 13.8 Å². The fraction of sp³-hybridized carbons (Fsp3) is 0.300. The van der Waals surface area contributed by atoms with E-state index in [1.165, 1.54) is 19.2 Å². The lowest BCUT2D eigenvalue weighted by Crippen LogP contribution is -2.01. The summed E-state index contributed by atoms with van der Waals surface area (Å²) in [5, 5.41) is 10.4. The standard InChI is InChI=1S/C8H8FN3O2.C2H6/c1-11-8(9)6-4-5(12(13)14)2-3-7(6)10;1-2/h2-4H,10H2,1H3;1-2H3. The normalized spacial score (nSPS) is 10.4. The number of nitrogens with two attached hydrogens (primary N) is 1. The molecule has 5 nitrogen and oxygen atoms in total. The molecule has 0 radical (unpaired) electrons. The summed E-state index contributed by atoms with van der Waals surface area (Å²) in [7, 11) is 1.24. The lowest BCUT2D eigenvalue weighted by Gasteiger charge is -2.00. The Morgan fingerprint density at radius 3 is 2.50 bits per heavy atom. The van der Waals surface area contributed by atoms with E-state index >= 15 is 0 Å². The van der Waals surface area contributed by atoms with Gasteiger partial charge in [0.25, 0.3) is 5.69 Å². The minimum Gasteiger partial charge on any atom is -0.398 e. The number of aliphatic imine (C=N–C) groups is 1. The largest absolute Gasteiger partial charge is 0.398 e. The van der Waals surface area contributed by atoms with E-state index in [-0.39, 0.29) is 16.9 Å². The lowest BCUT2D eigenvalue weighted by molar-refractivity contribution is -0.384. The molecule has 1 aromatic rings. The molecule has 16 heavy (non-hydrogen) atoms. The third kappa shape index (κ3) is 3.30. The first-order valence-corrected chi connectivity index (χ1v) is 4.73. The molecule has 1 rings (SSSR count). The molecule has 0 fully saturated rings. The van der Waals surface area contributed by atoms with Crippen molar-refractivity contribution in [1.29, 1.82) is 0 Å². The van der Waals surface area contributed by atoms with Crippen molar-refractivity contribution in [2.24, 2.45) is 4.99 Å². The summed E-state index contributed by atoms with van der Waals surface area (Å²) >= 11 is 0. The van der Waals surface area contributed by atoms with Gasteiger partial charge in [0, 0.05) is 24.9 Å². The van der Waals surface area contributed by atoms with E-state index in [9.17, 15) is 14.5 Å². The molecule has 88 valence electrons. The monoisotopic (exact) mass is 227 g/mol. The van der Waals surface area contributed by atoms with Crippen molar-refractivity contribution < 1.29 is 9.31 Å². The van der Waals surface area contributed by atoms with E-state index in [4.69, 9.17) is 5.73 Å². The number of nitro groups is 1. The predicted octanol–water partition coefficient (Wildman–Crippen LogP) is 2.55. The average molecular weight is 227 g/mol. The fourth-order valence-corrected chi connectivity index (χ4v) is 0.957. The van der Waals surface area contributed by atoms with Gasteiger partial charge in [-0.05, 0) is 6.07 Å². The van der Waals surface area contributed by atoms with Gasteiger partial charge in [0.05, 0.1) is 10.5 Å². The highest BCUT2D eigenvalue weighted by Crippen LogP contribution is 2.20. The lowest BCUT2D eigenvalue weighted by atomic mass is 10.1. The van der Waals surface area contributed by atoms with Crippen LogP contribution in [0.1, 0.15) is 19.4 Å². The van der Waals surface area contributed by atoms with Crippen LogP contribution in [-0.4, -0.2) is 17.9 Å². The molecule has 0 aliphatic heterocycles. The summed E-state index contributed by atoms with van der Waals surface area (Å²) in [6.07, 6.45) is 0. The van der Waals surface area contributed by atoms with Crippen molar-refractivity contribution in [3.63, 3.8) is 0 Å². The average Bonchev–Trinajstić information content (AvgIpc) is 2.31. The first kappa shape index (κ1) is 14.0. The Labute approximate surface area is 93.0 Å². The van der Waals surface area contributed by atoms with Gasteiger partial charge >= 0.3 is 0 Å². The third-order valence-electron chi connectivity index (χ3n) is 1.67. The van der Waals surface area contributed by atoms with Gasteiger partial charge < -0.3 is 5.73 Å². The van der Waals surface area contributed by atoms with Crippen molar-refractivity contribution in [1.82, 2.24) is 0 Å². The fourth-order valence-electron chi connectivity index (χ4n) is 0.957. The first-order valence-electron chi connectivity index (χ1n) is 4.73. The number of rotatable bonds is 2. The number of nitrogen functional groups attached to an aromatic ring is 1. The van der Waals surface area contributed by atoms with Crippen molar-refractivity contribution in [3.05, 3.63) is 33.9 Å². The molecular formula is C10H14FN3O2. The predicted molar refractivity (Wildman–Crippen MR) is 62.4 cm³/mol. The van der Waals surface area contributed by atoms with E-state index in [1.807, 2.05) is 13.8 Å². The summed E-state index contributed by atoms with van der Waals surface area (Å²) in [6.45, 7) is 4.00. The molecule has 2 N–H and O–H groups in total. The van der Waals surface area contributed by atoms with Crippen LogP contribution in [0, 0.1) is 10.1 Å². The van der Waals surface area contributed by atoms with Crippen molar-refractivity contribution >= 4 is 17.3 Å². The molecule has 0 atom stereocenters. The SMILES string of the molecule is CC.CN=C(F)c1cc([N+](=O)[O-])ccc1N. The van der Waals surface area contributed by atoms with Crippen LogP contribution in [0.5, 0.6) is 0 Å². The maximum atomic E-state index is 13.0. The van der Waals surface area contributed by atoms with Crippen LogP contribution in [0.2, 0.25) is 0 Å². The number of nitrogens with zero attached hydrogens (tertiary/aromatic N) is 2. The van der Waals surface area contributed by atoms with Gasteiger partial charge in [0.15, 0.2) is 0 Å². The van der Waals surface area contributed by atoms with Gasteiger partial charge in [-0.15, -0.1) is 0 Å². The molecule has 0 bridgehead atoms.